The second kappa shape index (κ2) is 5.63. The van der Waals surface area contributed by atoms with Gasteiger partial charge in [-0.3, -0.25) is 14.5 Å². The molecule has 1 aliphatic heterocycles. The van der Waals surface area contributed by atoms with E-state index in [-0.39, 0.29) is 22.1 Å². The number of sulfonamides is 1. The zero-order valence-electron chi connectivity index (χ0n) is 13.4. The predicted octanol–water partition coefficient (Wildman–Crippen LogP) is 1.64. The molecule has 134 valence electrons. The van der Waals surface area contributed by atoms with Crippen molar-refractivity contribution < 1.29 is 22.4 Å². The molecular weight excluding hydrogens is 362 g/mol. The molecule has 0 aliphatic carbocycles. The second-order valence-electron chi connectivity index (χ2n) is 5.74. The van der Waals surface area contributed by atoms with Crippen LogP contribution in [0.15, 0.2) is 50.5 Å². The van der Waals surface area contributed by atoms with E-state index in [1.807, 2.05) is 0 Å². The number of aromatic amines is 1. The summed E-state index contributed by atoms with van der Waals surface area (Å²) in [7, 11) is -3.93. The Morgan fingerprint density at radius 3 is 2.73 bits per heavy atom. The lowest BCUT2D eigenvalue weighted by Gasteiger charge is -2.23. The summed E-state index contributed by atoms with van der Waals surface area (Å²) in [5.74, 6) is -0.525. The molecule has 0 saturated heterocycles. The molecule has 10 heteroatoms. The highest BCUT2D eigenvalue weighted by molar-refractivity contribution is 7.92. The van der Waals surface area contributed by atoms with Crippen LogP contribution >= 0.6 is 0 Å². The molecule has 0 unspecified atom stereocenters. The van der Waals surface area contributed by atoms with Crippen molar-refractivity contribution in [2.45, 2.75) is 17.9 Å². The van der Waals surface area contributed by atoms with Gasteiger partial charge in [-0.25, -0.2) is 13.2 Å². The van der Waals surface area contributed by atoms with Crippen molar-refractivity contribution in [3.8, 4) is 5.75 Å². The normalized spacial score (nSPS) is 16.7. The van der Waals surface area contributed by atoms with Crippen LogP contribution in [0.4, 0.5) is 11.4 Å². The van der Waals surface area contributed by atoms with Crippen molar-refractivity contribution in [3.05, 3.63) is 46.9 Å². The summed E-state index contributed by atoms with van der Waals surface area (Å²) in [6.07, 6.45) is -0.618. The molecule has 26 heavy (non-hydrogen) atoms. The first kappa shape index (κ1) is 16.2. The van der Waals surface area contributed by atoms with Gasteiger partial charge in [-0.1, -0.05) is 0 Å². The fourth-order valence-corrected chi connectivity index (χ4v) is 3.64. The number of rotatable bonds is 3. The van der Waals surface area contributed by atoms with E-state index in [4.69, 9.17) is 9.15 Å². The number of H-pyrrole nitrogens is 1. The summed E-state index contributed by atoms with van der Waals surface area (Å²) < 4.78 is 37.9. The minimum absolute atomic E-state index is 0.0700. The van der Waals surface area contributed by atoms with E-state index < -0.39 is 21.9 Å². The van der Waals surface area contributed by atoms with E-state index in [1.165, 1.54) is 30.3 Å². The first-order chi connectivity index (χ1) is 12.3. The quantitative estimate of drug-likeness (QED) is 0.638. The van der Waals surface area contributed by atoms with E-state index in [2.05, 4.69) is 15.0 Å². The van der Waals surface area contributed by atoms with Gasteiger partial charge >= 0.3 is 5.76 Å². The van der Waals surface area contributed by atoms with Gasteiger partial charge in [0.25, 0.3) is 15.9 Å². The van der Waals surface area contributed by atoms with E-state index in [0.29, 0.717) is 17.0 Å². The Kier molecular flexibility index (Phi) is 3.51. The number of nitrogens with one attached hydrogen (secondary N) is 3. The van der Waals surface area contributed by atoms with Gasteiger partial charge in [-0.05, 0) is 37.3 Å². The average molecular weight is 375 g/mol. The highest BCUT2D eigenvalue weighted by atomic mass is 32.2. The Morgan fingerprint density at radius 1 is 1.12 bits per heavy atom. The third kappa shape index (κ3) is 2.80. The molecule has 3 aromatic rings. The van der Waals surface area contributed by atoms with Crippen LogP contribution in [0.25, 0.3) is 11.1 Å². The van der Waals surface area contributed by atoms with Gasteiger partial charge in [0.15, 0.2) is 11.7 Å². The van der Waals surface area contributed by atoms with Crippen LogP contribution in [-0.4, -0.2) is 25.4 Å². The Labute approximate surface area is 147 Å². The Balaban J connectivity index is 1.66. The van der Waals surface area contributed by atoms with Crippen molar-refractivity contribution >= 4 is 38.4 Å². The van der Waals surface area contributed by atoms with Gasteiger partial charge in [0.1, 0.15) is 5.75 Å². The smallest absolute Gasteiger partial charge is 0.417 e. The highest BCUT2D eigenvalue weighted by Crippen LogP contribution is 2.33. The maximum absolute atomic E-state index is 12.6. The van der Waals surface area contributed by atoms with Gasteiger partial charge in [0.2, 0.25) is 0 Å². The summed E-state index contributed by atoms with van der Waals surface area (Å²) in [5, 5.41) is 2.65. The molecule has 9 nitrogen and oxygen atoms in total. The van der Waals surface area contributed by atoms with E-state index in [9.17, 15) is 18.0 Å². The first-order valence-corrected chi connectivity index (χ1v) is 9.07. The summed E-state index contributed by atoms with van der Waals surface area (Å²) in [6, 6.07) is 8.59. The van der Waals surface area contributed by atoms with Crippen LogP contribution in [0.3, 0.4) is 0 Å². The van der Waals surface area contributed by atoms with Crippen LogP contribution in [0.1, 0.15) is 6.92 Å². The molecule has 0 radical (unpaired) electrons. The zero-order chi connectivity index (χ0) is 18.5. The fraction of sp³-hybridized carbons (Fsp3) is 0.125. The number of hydrogen-bond acceptors (Lipinski definition) is 6. The Bertz CT molecular complexity index is 1190. The molecule has 0 saturated carbocycles. The fourth-order valence-electron chi connectivity index (χ4n) is 2.58. The standard InChI is InChI=1S/C16H13N3O6S/c1-8-15(20)17-12-6-9(2-5-13(12)24-8)19-26(22,23)10-3-4-11-14(7-10)25-16(21)18-11/h2-8,19H,1H3,(H,17,20)(H,18,21)/t8-/m1/s1. The van der Waals surface area contributed by atoms with E-state index in [0.717, 1.165) is 0 Å². The van der Waals surface area contributed by atoms with Gasteiger partial charge < -0.3 is 14.5 Å². The molecule has 3 N–H and O–H groups in total. The number of carbonyl (C=O) groups is 1. The third-order valence-corrected chi connectivity index (χ3v) is 5.24. The van der Waals surface area contributed by atoms with Crippen LogP contribution in [0, 0.1) is 0 Å². The number of carbonyl (C=O) groups excluding carboxylic acids is 1. The number of fused-ring (bicyclic) bond motifs is 2. The van der Waals surface area contributed by atoms with E-state index in [1.54, 1.807) is 13.0 Å². The number of hydrogen-bond donors (Lipinski definition) is 3. The summed E-state index contributed by atoms with van der Waals surface area (Å²) in [4.78, 5) is 25.2. The lowest BCUT2D eigenvalue weighted by atomic mass is 10.2. The highest BCUT2D eigenvalue weighted by Gasteiger charge is 2.24. The number of anilines is 2. The lowest BCUT2D eigenvalue weighted by Crippen LogP contribution is -2.34. The molecule has 2 heterocycles. The number of aromatic nitrogens is 1. The monoisotopic (exact) mass is 375 g/mol. The van der Waals surface area contributed by atoms with E-state index >= 15 is 0 Å². The third-order valence-electron chi connectivity index (χ3n) is 3.87. The second-order valence-corrected chi connectivity index (χ2v) is 7.42. The Hall–Kier alpha value is -3.27. The van der Waals surface area contributed by atoms with Gasteiger partial charge in [0.05, 0.1) is 21.8 Å². The Morgan fingerprint density at radius 2 is 1.92 bits per heavy atom. The molecule has 1 aromatic heterocycles. The van der Waals surface area contributed by atoms with Crippen molar-refractivity contribution in [1.29, 1.82) is 0 Å². The van der Waals surface area contributed by atoms with Gasteiger partial charge in [-0.15, -0.1) is 0 Å². The number of ether oxygens (including phenoxy) is 1. The van der Waals surface area contributed by atoms with Crippen molar-refractivity contribution in [3.63, 3.8) is 0 Å². The average Bonchev–Trinajstić information content (AvgIpc) is 2.95. The maximum atomic E-state index is 12.6. The topological polar surface area (TPSA) is 130 Å². The number of oxazole rings is 1. The summed E-state index contributed by atoms with van der Waals surface area (Å²) in [6.45, 7) is 1.62. The molecular formula is C16H13N3O6S. The van der Waals surface area contributed by atoms with Crippen molar-refractivity contribution in [2.75, 3.05) is 10.0 Å². The number of amides is 1. The molecule has 0 bridgehead atoms. The van der Waals surface area contributed by atoms with Gasteiger partial charge in [-0.2, -0.15) is 0 Å². The first-order valence-electron chi connectivity index (χ1n) is 7.59. The van der Waals surface area contributed by atoms with Crippen LogP contribution in [0.5, 0.6) is 5.75 Å². The SMILES string of the molecule is C[C@H]1Oc2ccc(NS(=O)(=O)c3ccc4[nH]c(=O)oc4c3)cc2NC1=O. The molecule has 0 fully saturated rings. The van der Waals surface area contributed by atoms with Gasteiger partial charge in [0, 0.05) is 6.07 Å². The molecule has 1 atom stereocenters. The molecule has 2 aromatic carbocycles. The largest absolute Gasteiger partial charge is 0.479 e. The minimum Gasteiger partial charge on any atom is -0.479 e. The predicted molar refractivity (Wildman–Crippen MR) is 92.8 cm³/mol. The molecule has 1 aliphatic rings. The van der Waals surface area contributed by atoms with Crippen LogP contribution < -0.4 is 20.5 Å². The molecule has 4 rings (SSSR count). The minimum atomic E-state index is -3.93. The van der Waals surface area contributed by atoms with Crippen molar-refractivity contribution in [2.24, 2.45) is 0 Å². The van der Waals surface area contributed by atoms with Crippen LogP contribution in [-0.2, 0) is 14.8 Å². The number of benzene rings is 2. The molecule has 1 amide bonds. The van der Waals surface area contributed by atoms with Crippen LogP contribution in [0.2, 0.25) is 0 Å². The summed E-state index contributed by atoms with van der Waals surface area (Å²) in [5.41, 5.74) is 1.16. The maximum Gasteiger partial charge on any atom is 0.417 e. The zero-order valence-corrected chi connectivity index (χ0v) is 14.2. The van der Waals surface area contributed by atoms with Crippen molar-refractivity contribution in [1.82, 2.24) is 4.98 Å². The summed E-state index contributed by atoms with van der Waals surface area (Å²) >= 11 is 0. The molecule has 0 spiro atoms. The lowest BCUT2D eigenvalue weighted by molar-refractivity contribution is -0.122.